The van der Waals surface area contributed by atoms with E-state index in [0.717, 1.165) is 0 Å². The quantitative estimate of drug-likeness (QED) is 0.846. The van der Waals surface area contributed by atoms with Crippen molar-refractivity contribution in [1.29, 1.82) is 0 Å². The number of anilines is 1. The van der Waals surface area contributed by atoms with Crippen LogP contribution >= 0.6 is 0 Å². The predicted molar refractivity (Wildman–Crippen MR) is 77.2 cm³/mol. The lowest BCUT2D eigenvalue weighted by atomic mass is 10.1. The molecule has 0 spiro atoms. The fraction of sp³-hybridized carbons (Fsp3) is 0.400. The van der Waals surface area contributed by atoms with Crippen molar-refractivity contribution in [2.24, 2.45) is 5.92 Å². The van der Waals surface area contributed by atoms with E-state index in [4.69, 9.17) is 0 Å². The maximum atomic E-state index is 12.4. The monoisotopic (exact) mass is 344 g/mol. The summed E-state index contributed by atoms with van der Waals surface area (Å²) in [6, 6.07) is 5.82. The van der Waals surface area contributed by atoms with Gasteiger partial charge in [-0.05, 0) is 24.3 Å². The summed E-state index contributed by atoms with van der Waals surface area (Å²) < 4.78 is 41.6. The van der Waals surface area contributed by atoms with Gasteiger partial charge in [0.15, 0.2) is 0 Å². The molecule has 0 aliphatic carbocycles. The number of halogens is 3. The van der Waals surface area contributed by atoms with Crippen LogP contribution in [0.4, 0.5) is 18.9 Å². The Labute approximate surface area is 135 Å². The van der Waals surface area contributed by atoms with Gasteiger partial charge in [0, 0.05) is 18.7 Å². The highest BCUT2D eigenvalue weighted by Gasteiger charge is 2.40. The van der Waals surface area contributed by atoms with Crippen molar-refractivity contribution in [2.45, 2.75) is 12.6 Å². The van der Waals surface area contributed by atoms with Gasteiger partial charge < -0.3 is 15.0 Å². The molecule has 2 amide bonds. The van der Waals surface area contributed by atoms with Gasteiger partial charge in [0.25, 0.3) is 0 Å². The first kappa shape index (κ1) is 17.8. The fourth-order valence-corrected chi connectivity index (χ4v) is 2.37. The molecular weight excluding hydrogens is 329 g/mol. The molecule has 0 aromatic heterocycles. The van der Waals surface area contributed by atoms with E-state index in [1.165, 1.54) is 31.4 Å². The summed E-state index contributed by atoms with van der Waals surface area (Å²) in [6.07, 6.45) is -4.76. The Morgan fingerprint density at radius 1 is 1.29 bits per heavy atom. The summed E-state index contributed by atoms with van der Waals surface area (Å²) in [6.45, 7) is -1.63. The zero-order valence-corrected chi connectivity index (χ0v) is 12.7. The Kier molecular flexibility index (Phi) is 5.10. The van der Waals surface area contributed by atoms with Gasteiger partial charge in [-0.3, -0.25) is 9.59 Å². The van der Waals surface area contributed by atoms with Gasteiger partial charge in [-0.2, -0.15) is 13.2 Å². The average Bonchev–Trinajstić information content (AvgIpc) is 2.86. The normalized spacial score (nSPS) is 17.8. The highest BCUT2D eigenvalue weighted by molar-refractivity contribution is 5.97. The molecular formula is C15H15F3N2O4. The maximum absolute atomic E-state index is 12.4. The lowest BCUT2D eigenvalue weighted by molar-refractivity contribution is -0.157. The maximum Gasteiger partial charge on any atom is 0.406 e. The van der Waals surface area contributed by atoms with Crippen molar-refractivity contribution in [3.63, 3.8) is 0 Å². The van der Waals surface area contributed by atoms with Gasteiger partial charge >= 0.3 is 12.1 Å². The molecule has 9 heteroatoms. The van der Waals surface area contributed by atoms with Crippen molar-refractivity contribution < 1.29 is 32.3 Å². The minimum Gasteiger partial charge on any atom is -0.465 e. The largest absolute Gasteiger partial charge is 0.465 e. The van der Waals surface area contributed by atoms with Gasteiger partial charge in [0.1, 0.15) is 6.54 Å². The standard InChI is InChI=1S/C15H15F3N2O4/c1-24-14(23)9-2-4-11(5-3-9)19-13(22)10-6-12(21)20(7-10)8-15(16,17)18/h2-5,10H,6-8H2,1H3,(H,19,22)/t10-/m1/s1. The van der Waals surface area contributed by atoms with Crippen LogP contribution < -0.4 is 5.32 Å². The molecule has 6 nitrogen and oxygen atoms in total. The van der Waals surface area contributed by atoms with E-state index < -0.39 is 36.4 Å². The second-order valence-electron chi connectivity index (χ2n) is 5.35. The van der Waals surface area contributed by atoms with Gasteiger partial charge in [-0.1, -0.05) is 0 Å². The number of hydrogen-bond acceptors (Lipinski definition) is 4. The third-order valence-corrected chi connectivity index (χ3v) is 3.53. The van der Waals surface area contributed by atoms with Gasteiger partial charge in [-0.15, -0.1) is 0 Å². The number of benzene rings is 1. The number of hydrogen-bond donors (Lipinski definition) is 1. The molecule has 1 N–H and O–H groups in total. The molecule has 1 fully saturated rings. The number of methoxy groups -OCH3 is 1. The summed E-state index contributed by atoms with van der Waals surface area (Å²) in [4.78, 5) is 35.6. The van der Waals surface area contributed by atoms with Crippen LogP contribution in [-0.4, -0.2) is 49.1 Å². The van der Waals surface area contributed by atoms with Crippen LogP contribution in [0, 0.1) is 5.92 Å². The minimum atomic E-state index is -4.50. The number of amides is 2. The molecule has 2 rings (SSSR count). The van der Waals surface area contributed by atoms with Gasteiger partial charge in [0.2, 0.25) is 11.8 Å². The van der Waals surface area contributed by atoms with Crippen molar-refractivity contribution in [2.75, 3.05) is 25.5 Å². The summed E-state index contributed by atoms with van der Waals surface area (Å²) in [5, 5.41) is 2.52. The number of nitrogens with zero attached hydrogens (tertiary/aromatic N) is 1. The van der Waals surface area contributed by atoms with E-state index in [2.05, 4.69) is 10.1 Å². The van der Waals surface area contributed by atoms with Crippen LogP contribution in [0.2, 0.25) is 0 Å². The van der Waals surface area contributed by atoms with E-state index >= 15 is 0 Å². The first-order chi connectivity index (χ1) is 11.2. The van der Waals surface area contributed by atoms with Crippen LogP contribution in [0.5, 0.6) is 0 Å². The first-order valence-electron chi connectivity index (χ1n) is 7.03. The Morgan fingerprint density at radius 2 is 1.92 bits per heavy atom. The van der Waals surface area contributed by atoms with Gasteiger partial charge in [-0.25, -0.2) is 4.79 Å². The zero-order chi connectivity index (χ0) is 17.9. The Morgan fingerprint density at radius 3 is 2.46 bits per heavy atom. The molecule has 1 aliphatic heterocycles. The third-order valence-electron chi connectivity index (χ3n) is 3.53. The molecule has 130 valence electrons. The molecule has 0 radical (unpaired) electrons. The highest BCUT2D eigenvalue weighted by atomic mass is 19.4. The van der Waals surface area contributed by atoms with Crippen molar-refractivity contribution in [1.82, 2.24) is 4.90 Å². The summed E-state index contributed by atoms with van der Waals surface area (Å²) in [7, 11) is 1.24. The molecule has 1 aromatic rings. The minimum absolute atomic E-state index is 0.262. The topological polar surface area (TPSA) is 75.7 Å². The lowest BCUT2D eigenvalue weighted by Crippen LogP contribution is -2.36. The number of nitrogens with one attached hydrogen (secondary N) is 1. The molecule has 0 unspecified atom stereocenters. The molecule has 24 heavy (non-hydrogen) atoms. The van der Waals surface area contributed by atoms with Crippen LogP contribution in [-0.2, 0) is 14.3 Å². The number of carbonyl (C=O) groups excluding carboxylic acids is 3. The molecule has 0 saturated carbocycles. The van der Waals surface area contributed by atoms with Crippen molar-refractivity contribution in [3.05, 3.63) is 29.8 Å². The Bertz CT molecular complexity index is 643. The first-order valence-corrected chi connectivity index (χ1v) is 7.03. The Balaban J connectivity index is 1.95. The number of ether oxygens (including phenoxy) is 1. The SMILES string of the molecule is COC(=O)c1ccc(NC(=O)[C@@H]2CC(=O)N(CC(F)(F)F)C2)cc1. The second-order valence-corrected chi connectivity index (χ2v) is 5.35. The van der Waals surface area contributed by atoms with E-state index in [1.807, 2.05) is 0 Å². The summed E-state index contributed by atoms with van der Waals surface area (Å²) >= 11 is 0. The third kappa shape index (κ3) is 4.46. The number of likely N-dealkylation sites (tertiary alicyclic amines) is 1. The van der Waals surface area contributed by atoms with Crippen molar-refractivity contribution in [3.8, 4) is 0 Å². The molecule has 1 atom stereocenters. The molecule has 0 bridgehead atoms. The number of alkyl halides is 3. The van der Waals surface area contributed by atoms with Crippen LogP contribution in [0.15, 0.2) is 24.3 Å². The van der Waals surface area contributed by atoms with Crippen LogP contribution in [0.25, 0.3) is 0 Å². The average molecular weight is 344 g/mol. The fourth-order valence-electron chi connectivity index (χ4n) is 2.37. The van der Waals surface area contributed by atoms with Crippen molar-refractivity contribution >= 4 is 23.5 Å². The molecule has 1 aliphatic rings. The van der Waals surface area contributed by atoms with Crippen LogP contribution in [0.1, 0.15) is 16.8 Å². The lowest BCUT2D eigenvalue weighted by Gasteiger charge is -2.18. The number of carbonyl (C=O) groups is 3. The highest BCUT2D eigenvalue weighted by Crippen LogP contribution is 2.24. The molecule has 1 saturated heterocycles. The van der Waals surface area contributed by atoms with E-state index in [-0.39, 0.29) is 13.0 Å². The van der Waals surface area contributed by atoms with E-state index in [9.17, 15) is 27.6 Å². The smallest absolute Gasteiger partial charge is 0.406 e. The number of rotatable bonds is 4. The second kappa shape index (κ2) is 6.90. The predicted octanol–water partition coefficient (Wildman–Crippen LogP) is 1.82. The van der Waals surface area contributed by atoms with E-state index in [0.29, 0.717) is 16.2 Å². The zero-order valence-electron chi connectivity index (χ0n) is 12.7. The van der Waals surface area contributed by atoms with E-state index in [1.54, 1.807) is 0 Å². The summed E-state index contributed by atoms with van der Waals surface area (Å²) in [5.74, 6) is -2.62. The number of esters is 1. The Hall–Kier alpha value is -2.58. The summed E-state index contributed by atoms with van der Waals surface area (Å²) in [5.41, 5.74) is 0.664. The van der Waals surface area contributed by atoms with Gasteiger partial charge in [0.05, 0.1) is 18.6 Å². The molecule has 1 heterocycles. The molecule has 1 aromatic carbocycles. The van der Waals surface area contributed by atoms with Crippen LogP contribution in [0.3, 0.4) is 0 Å².